The van der Waals surface area contributed by atoms with E-state index < -0.39 is 0 Å². The lowest BCUT2D eigenvalue weighted by Gasteiger charge is -2.26. The van der Waals surface area contributed by atoms with Crippen LogP contribution in [-0.4, -0.2) is 63.8 Å². The molecule has 0 spiro atoms. The van der Waals surface area contributed by atoms with Crippen molar-refractivity contribution in [1.82, 2.24) is 15.5 Å². The van der Waals surface area contributed by atoms with Crippen molar-refractivity contribution in [3.05, 3.63) is 0 Å². The number of hydrogen-bond donors (Lipinski definition) is 2. The summed E-state index contributed by atoms with van der Waals surface area (Å²) in [6, 6.07) is 0. The molecule has 1 fully saturated rings. The zero-order valence-corrected chi connectivity index (χ0v) is 14.2. The molecule has 0 atom stereocenters. The van der Waals surface area contributed by atoms with Gasteiger partial charge >= 0.3 is 0 Å². The monoisotopic (exact) mass is 298 g/mol. The molecule has 124 valence electrons. The first kappa shape index (κ1) is 18.2. The molecule has 5 nitrogen and oxygen atoms in total. The van der Waals surface area contributed by atoms with Gasteiger partial charge in [0.25, 0.3) is 0 Å². The van der Waals surface area contributed by atoms with Crippen LogP contribution in [0.1, 0.15) is 39.5 Å². The predicted molar refractivity (Wildman–Crippen MR) is 89.9 cm³/mol. The lowest BCUT2D eigenvalue weighted by Crippen LogP contribution is -2.43. The Morgan fingerprint density at radius 1 is 1.14 bits per heavy atom. The van der Waals surface area contributed by atoms with E-state index in [1.807, 2.05) is 7.05 Å². The van der Waals surface area contributed by atoms with Crippen molar-refractivity contribution in [3.8, 4) is 0 Å². The minimum Gasteiger partial charge on any atom is -0.381 e. The Kier molecular flexibility index (Phi) is 10.3. The quantitative estimate of drug-likeness (QED) is 0.386. The van der Waals surface area contributed by atoms with Crippen LogP contribution < -0.4 is 10.6 Å². The summed E-state index contributed by atoms with van der Waals surface area (Å²) in [6.07, 6.45) is 5.11. The van der Waals surface area contributed by atoms with Crippen molar-refractivity contribution in [3.63, 3.8) is 0 Å². The summed E-state index contributed by atoms with van der Waals surface area (Å²) in [4.78, 5) is 6.78. The van der Waals surface area contributed by atoms with Gasteiger partial charge in [0, 0.05) is 39.9 Å². The first-order valence-electron chi connectivity index (χ1n) is 8.47. The third kappa shape index (κ3) is 9.69. The van der Waals surface area contributed by atoms with E-state index in [1.54, 1.807) is 0 Å². The van der Waals surface area contributed by atoms with Crippen LogP contribution in [0.15, 0.2) is 4.99 Å². The highest BCUT2D eigenvalue weighted by Crippen LogP contribution is 2.07. The fourth-order valence-electron chi connectivity index (χ4n) is 2.44. The van der Waals surface area contributed by atoms with Crippen LogP contribution in [0.4, 0.5) is 0 Å². The van der Waals surface area contributed by atoms with Gasteiger partial charge in [0.2, 0.25) is 0 Å². The molecule has 1 aliphatic rings. The molecule has 0 aromatic heterocycles. The zero-order chi connectivity index (χ0) is 15.3. The van der Waals surface area contributed by atoms with Gasteiger partial charge in [-0.1, -0.05) is 20.3 Å². The van der Waals surface area contributed by atoms with Crippen molar-refractivity contribution >= 4 is 5.96 Å². The molecule has 1 rings (SSSR count). The Morgan fingerprint density at radius 3 is 2.52 bits per heavy atom. The van der Waals surface area contributed by atoms with E-state index in [-0.39, 0.29) is 0 Å². The molecule has 0 aromatic rings. The third-order valence-electron chi connectivity index (χ3n) is 3.60. The average Bonchev–Trinajstić information content (AvgIpc) is 2.49. The zero-order valence-electron chi connectivity index (χ0n) is 14.2. The Balaban J connectivity index is 1.98. The molecule has 5 heteroatoms. The summed E-state index contributed by atoms with van der Waals surface area (Å²) >= 11 is 0. The molecular formula is C16H34N4O. The van der Waals surface area contributed by atoms with Crippen molar-refractivity contribution in [2.75, 3.05) is 53.0 Å². The fraction of sp³-hybridized carbons (Fsp3) is 0.938. The summed E-state index contributed by atoms with van der Waals surface area (Å²) in [5, 5.41) is 6.72. The molecule has 1 aliphatic heterocycles. The highest BCUT2D eigenvalue weighted by atomic mass is 16.5. The minimum absolute atomic E-state index is 0.613. The van der Waals surface area contributed by atoms with E-state index in [9.17, 15) is 0 Å². The number of piperidine rings is 1. The Morgan fingerprint density at radius 2 is 1.86 bits per heavy atom. The predicted octanol–water partition coefficient (Wildman–Crippen LogP) is 1.70. The van der Waals surface area contributed by atoms with Gasteiger partial charge in [0.15, 0.2) is 5.96 Å². The highest BCUT2D eigenvalue weighted by Gasteiger charge is 2.09. The van der Waals surface area contributed by atoms with E-state index in [1.165, 1.54) is 32.4 Å². The SMILES string of the molecule is CN=C(NCCCOCC(C)C)NCCN1CCCCC1. The second-order valence-corrected chi connectivity index (χ2v) is 6.15. The van der Waals surface area contributed by atoms with E-state index in [2.05, 4.69) is 34.4 Å². The maximum absolute atomic E-state index is 5.56. The van der Waals surface area contributed by atoms with Gasteiger partial charge in [-0.15, -0.1) is 0 Å². The van der Waals surface area contributed by atoms with Crippen molar-refractivity contribution in [2.45, 2.75) is 39.5 Å². The van der Waals surface area contributed by atoms with Crippen LogP contribution in [0.3, 0.4) is 0 Å². The average molecular weight is 298 g/mol. The topological polar surface area (TPSA) is 48.9 Å². The van der Waals surface area contributed by atoms with E-state index in [0.717, 1.165) is 45.2 Å². The first-order chi connectivity index (χ1) is 10.2. The Hall–Kier alpha value is -0.810. The largest absolute Gasteiger partial charge is 0.381 e. The number of nitrogens with zero attached hydrogens (tertiary/aromatic N) is 2. The lowest BCUT2D eigenvalue weighted by molar-refractivity contribution is 0.108. The summed E-state index contributed by atoms with van der Waals surface area (Å²) in [7, 11) is 1.82. The second-order valence-electron chi connectivity index (χ2n) is 6.15. The van der Waals surface area contributed by atoms with E-state index in [4.69, 9.17) is 4.74 Å². The van der Waals surface area contributed by atoms with Crippen LogP contribution in [-0.2, 0) is 4.74 Å². The van der Waals surface area contributed by atoms with Crippen molar-refractivity contribution in [2.24, 2.45) is 10.9 Å². The fourth-order valence-corrected chi connectivity index (χ4v) is 2.44. The molecule has 0 aliphatic carbocycles. The molecule has 0 saturated carbocycles. The van der Waals surface area contributed by atoms with E-state index >= 15 is 0 Å². The molecule has 0 aromatic carbocycles. The van der Waals surface area contributed by atoms with Gasteiger partial charge in [-0.2, -0.15) is 0 Å². The van der Waals surface area contributed by atoms with Crippen molar-refractivity contribution in [1.29, 1.82) is 0 Å². The van der Waals surface area contributed by atoms with Crippen LogP contribution in [0.5, 0.6) is 0 Å². The summed E-state index contributed by atoms with van der Waals surface area (Å²) in [5.41, 5.74) is 0. The summed E-state index contributed by atoms with van der Waals surface area (Å²) in [5.74, 6) is 1.51. The number of nitrogens with one attached hydrogen (secondary N) is 2. The molecule has 0 radical (unpaired) electrons. The lowest BCUT2D eigenvalue weighted by atomic mass is 10.1. The first-order valence-corrected chi connectivity index (χ1v) is 8.47. The molecule has 2 N–H and O–H groups in total. The molecule has 0 amide bonds. The standard InChI is InChI=1S/C16H34N4O/c1-15(2)14-21-13-7-8-18-16(17-3)19-9-12-20-10-5-4-6-11-20/h15H,4-14H2,1-3H3,(H2,17,18,19). The number of rotatable bonds is 9. The van der Waals surface area contributed by atoms with Gasteiger partial charge in [-0.25, -0.2) is 0 Å². The third-order valence-corrected chi connectivity index (χ3v) is 3.60. The van der Waals surface area contributed by atoms with Crippen LogP contribution >= 0.6 is 0 Å². The molecule has 21 heavy (non-hydrogen) atoms. The molecule has 0 unspecified atom stereocenters. The highest BCUT2D eigenvalue weighted by molar-refractivity contribution is 5.79. The van der Waals surface area contributed by atoms with E-state index in [0.29, 0.717) is 5.92 Å². The normalized spacial score (nSPS) is 17.2. The van der Waals surface area contributed by atoms with Gasteiger partial charge in [0.1, 0.15) is 0 Å². The van der Waals surface area contributed by atoms with Gasteiger partial charge in [-0.3, -0.25) is 4.99 Å². The Bertz CT molecular complexity index is 275. The second kappa shape index (κ2) is 11.8. The van der Waals surface area contributed by atoms with Crippen LogP contribution in [0.25, 0.3) is 0 Å². The van der Waals surface area contributed by atoms with Gasteiger partial charge in [-0.05, 0) is 38.3 Å². The number of aliphatic imine (C=N–C) groups is 1. The van der Waals surface area contributed by atoms with Gasteiger partial charge in [0.05, 0.1) is 0 Å². The molecule has 0 bridgehead atoms. The maximum Gasteiger partial charge on any atom is 0.191 e. The minimum atomic E-state index is 0.613. The molecule has 1 heterocycles. The van der Waals surface area contributed by atoms with Crippen molar-refractivity contribution < 1.29 is 4.74 Å². The smallest absolute Gasteiger partial charge is 0.191 e. The van der Waals surface area contributed by atoms with Crippen LogP contribution in [0.2, 0.25) is 0 Å². The number of hydrogen-bond acceptors (Lipinski definition) is 3. The molecule has 1 saturated heterocycles. The maximum atomic E-state index is 5.56. The number of likely N-dealkylation sites (tertiary alicyclic amines) is 1. The number of ether oxygens (including phenoxy) is 1. The molecular weight excluding hydrogens is 264 g/mol. The summed E-state index contributed by atoms with van der Waals surface area (Å²) < 4.78 is 5.56. The summed E-state index contributed by atoms with van der Waals surface area (Å²) in [6.45, 7) is 11.5. The van der Waals surface area contributed by atoms with Crippen LogP contribution in [0, 0.1) is 5.92 Å². The number of guanidine groups is 1. The van der Waals surface area contributed by atoms with Gasteiger partial charge < -0.3 is 20.3 Å². The Labute approximate surface area is 130 Å².